The summed E-state index contributed by atoms with van der Waals surface area (Å²) in [7, 11) is 0. The lowest BCUT2D eigenvalue weighted by atomic mass is 10.2. The molecular weight excluding hydrogens is 260 g/mol. The van der Waals surface area contributed by atoms with Crippen LogP contribution < -0.4 is 0 Å². The van der Waals surface area contributed by atoms with Gasteiger partial charge in [-0.3, -0.25) is 4.79 Å². The van der Waals surface area contributed by atoms with Crippen LogP contribution in [0.25, 0.3) is 0 Å². The highest BCUT2D eigenvalue weighted by Crippen LogP contribution is 2.40. The molecule has 0 aromatic carbocycles. The first-order valence-electron chi connectivity index (χ1n) is 6.88. The molecule has 104 valence electrons. The molecule has 1 aliphatic heterocycles. The molecule has 2 aliphatic rings. The zero-order valence-electron chi connectivity index (χ0n) is 10.9. The third-order valence-corrected chi connectivity index (χ3v) is 3.85. The fraction of sp³-hybridized carbons (Fsp3) is 0.538. The number of carbonyl (C=O) groups is 1. The molecule has 1 aliphatic carbocycles. The summed E-state index contributed by atoms with van der Waals surface area (Å²) >= 11 is 0. The van der Waals surface area contributed by atoms with E-state index in [-0.39, 0.29) is 11.9 Å². The van der Waals surface area contributed by atoms with Gasteiger partial charge in [-0.05, 0) is 25.7 Å². The second-order valence-electron chi connectivity index (χ2n) is 5.31. The van der Waals surface area contributed by atoms with Crippen LogP contribution in [-0.2, 0) is 0 Å². The first kappa shape index (κ1) is 11.6. The fourth-order valence-corrected chi connectivity index (χ4v) is 2.63. The van der Waals surface area contributed by atoms with Crippen molar-refractivity contribution in [3.8, 4) is 0 Å². The lowest BCUT2D eigenvalue weighted by Crippen LogP contribution is -2.31. The minimum Gasteiger partial charge on any atom is -0.364 e. The predicted octanol–water partition coefficient (Wildman–Crippen LogP) is 1.91. The molecule has 2 fully saturated rings. The summed E-state index contributed by atoms with van der Waals surface area (Å²) in [5.74, 6) is 1.61. The van der Waals surface area contributed by atoms with Crippen LogP contribution in [0.15, 0.2) is 21.4 Å². The van der Waals surface area contributed by atoms with E-state index in [0.717, 1.165) is 25.7 Å². The molecule has 0 bridgehead atoms. The van der Waals surface area contributed by atoms with Crippen LogP contribution in [0.1, 0.15) is 59.8 Å². The predicted molar refractivity (Wildman–Crippen MR) is 65.8 cm³/mol. The van der Waals surface area contributed by atoms with E-state index in [2.05, 4.69) is 15.3 Å². The average Bonchev–Trinajstić information content (AvgIpc) is 2.97. The van der Waals surface area contributed by atoms with E-state index in [4.69, 9.17) is 9.05 Å². The molecule has 2 aromatic heterocycles. The Hall–Kier alpha value is -2.18. The molecule has 7 heteroatoms. The quantitative estimate of drug-likeness (QED) is 0.849. The highest BCUT2D eigenvalue weighted by Gasteiger charge is 2.36. The van der Waals surface area contributed by atoms with Crippen molar-refractivity contribution in [2.24, 2.45) is 0 Å². The Morgan fingerprint density at radius 1 is 1.30 bits per heavy atom. The number of rotatable bonds is 3. The molecule has 20 heavy (non-hydrogen) atoms. The number of aromatic nitrogens is 3. The highest BCUT2D eigenvalue weighted by atomic mass is 16.5. The van der Waals surface area contributed by atoms with Crippen LogP contribution in [-0.4, -0.2) is 32.6 Å². The molecule has 0 N–H and O–H groups in total. The van der Waals surface area contributed by atoms with E-state index in [1.165, 1.54) is 6.26 Å². The van der Waals surface area contributed by atoms with E-state index in [1.807, 2.05) is 0 Å². The Bertz CT molecular complexity index is 617. The summed E-state index contributed by atoms with van der Waals surface area (Å²) in [6.07, 6.45) is 5.43. The molecule has 3 heterocycles. The highest BCUT2D eigenvalue weighted by molar-refractivity contribution is 5.92. The number of likely N-dealkylation sites (tertiary alicyclic amines) is 1. The van der Waals surface area contributed by atoms with Gasteiger partial charge in [0, 0.05) is 18.5 Å². The summed E-state index contributed by atoms with van der Waals surface area (Å²) in [5.41, 5.74) is 0.322. The van der Waals surface area contributed by atoms with Gasteiger partial charge in [-0.1, -0.05) is 10.3 Å². The average molecular weight is 274 g/mol. The Balaban J connectivity index is 1.58. The van der Waals surface area contributed by atoms with Gasteiger partial charge in [0.1, 0.15) is 6.26 Å². The second kappa shape index (κ2) is 4.43. The summed E-state index contributed by atoms with van der Waals surface area (Å²) in [6.45, 7) is 0.684. The van der Waals surface area contributed by atoms with Crippen molar-refractivity contribution < 1.29 is 13.8 Å². The van der Waals surface area contributed by atoms with Crippen LogP contribution in [0.4, 0.5) is 0 Å². The van der Waals surface area contributed by atoms with Crippen LogP contribution >= 0.6 is 0 Å². The number of hydrogen-bond acceptors (Lipinski definition) is 6. The summed E-state index contributed by atoms with van der Waals surface area (Å²) < 4.78 is 10.0. The van der Waals surface area contributed by atoms with Gasteiger partial charge < -0.3 is 13.9 Å². The minimum absolute atomic E-state index is 0.115. The van der Waals surface area contributed by atoms with E-state index < -0.39 is 0 Å². The maximum Gasteiger partial charge on any atom is 0.276 e. The normalized spacial score (nSPS) is 22.4. The van der Waals surface area contributed by atoms with Gasteiger partial charge in [0.2, 0.25) is 5.89 Å². The first-order valence-corrected chi connectivity index (χ1v) is 6.88. The van der Waals surface area contributed by atoms with Gasteiger partial charge in [0.25, 0.3) is 5.91 Å². The van der Waals surface area contributed by atoms with Gasteiger partial charge in [-0.15, -0.1) is 0 Å². The van der Waals surface area contributed by atoms with Gasteiger partial charge in [-0.2, -0.15) is 4.98 Å². The third-order valence-electron chi connectivity index (χ3n) is 3.85. The fourth-order valence-electron chi connectivity index (χ4n) is 2.63. The van der Waals surface area contributed by atoms with Crippen molar-refractivity contribution >= 4 is 5.91 Å². The summed E-state index contributed by atoms with van der Waals surface area (Å²) in [5, 5.41) is 7.75. The third kappa shape index (κ3) is 1.90. The molecule has 1 amide bonds. The minimum atomic E-state index is -0.140. The van der Waals surface area contributed by atoms with Gasteiger partial charge in [-0.25, -0.2) is 0 Å². The zero-order chi connectivity index (χ0) is 13.5. The SMILES string of the molecule is O=C(c1ccon1)N1CCCC1c1noc(C2CC2)n1. The maximum absolute atomic E-state index is 12.4. The molecule has 4 rings (SSSR count). The lowest BCUT2D eigenvalue weighted by Gasteiger charge is -2.20. The molecule has 0 spiro atoms. The van der Waals surface area contributed by atoms with Crippen LogP contribution in [0.3, 0.4) is 0 Å². The van der Waals surface area contributed by atoms with Crippen molar-refractivity contribution in [2.75, 3.05) is 6.54 Å². The smallest absolute Gasteiger partial charge is 0.276 e. The molecule has 0 radical (unpaired) electrons. The van der Waals surface area contributed by atoms with Gasteiger partial charge >= 0.3 is 0 Å². The van der Waals surface area contributed by atoms with Crippen molar-refractivity contribution in [2.45, 2.75) is 37.6 Å². The van der Waals surface area contributed by atoms with Gasteiger partial charge in [0.15, 0.2) is 11.5 Å². The summed E-state index contributed by atoms with van der Waals surface area (Å²) in [4.78, 5) is 18.6. The van der Waals surface area contributed by atoms with Crippen LogP contribution in [0.2, 0.25) is 0 Å². The van der Waals surface area contributed by atoms with E-state index in [9.17, 15) is 4.79 Å². The number of hydrogen-bond donors (Lipinski definition) is 0. The number of nitrogens with zero attached hydrogens (tertiary/aromatic N) is 4. The standard InChI is InChI=1S/C13H14N4O3/c18-13(9-5-7-19-15-9)17-6-1-2-10(17)11-14-12(20-16-11)8-3-4-8/h5,7-8,10H,1-4,6H2. The number of amides is 1. The van der Waals surface area contributed by atoms with E-state index in [0.29, 0.717) is 29.9 Å². The molecule has 1 atom stereocenters. The van der Waals surface area contributed by atoms with Crippen LogP contribution in [0, 0.1) is 0 Å². The molecule has 1 saturated carbocycles. The molecule has 1 saturated heterocycles. The van der Waals surface area contributed by atoms with Crippen molar-refractivity contribution in [3.05, 3.63) is 29.7 Å². The largest absolute Gasteiger partial charge is 0.364 e. The second-order valence-corrected chi connectivity index (χ2v) is 5.31. The van der Waals surface area contributed by atoms with Crippen molar-refractivity contribution in [3.63, 3.8) is 0 Å². The molecule has 7 nitrogen and oxygen atoms in total. The molecule has 2 aromatic rings. The first-order chi connectivity index (χ1) is 9.83. The monoisotopic (exact) mass is 274 g/mol. The van der Waals surface area contributed by atoms with Gasteiger partial charge in [0.05, 0.1) is 6.04 Å². The maximum atomic E-state index is 12.4. The molecular formula is C13H14N4O3. The number of carbonyl (C=O) groups excluding carboxylic acids is 1. The summed E-state index contributed by atoms with van der Waals surface area (Å²) in [6, 6.07) is 1.46. The molecule has 1 unspecified atom stereocenters. The van der Waals surface area contributed by atoms with Crippen molar-refractivity contribution in [1.29, 1.82) is 0 Å². The van der Waals surface area contributed by atoms with E-state index in [1.54, 1.807) is 11.0 Å². The Labute approximate surface area is 114 Å². The van der Waals surface area contributed by atoms with Crippen LogP contribution in [0.5, 0.6) is 0 Å². The van der Waals surface area contributed by atoms with Crippen molar-refractivity contribution in [1.82, 2.24) is 20.2 Å². The topological polar surface area (TPSA) is 85.3 Å². The Morgan fingerprint density at radius 3 is 2.95 bits per heavy atom. The zero-order valence-corrected chi connectivity index (χ0v) is 10.9. The Morgan fingerprint density at radius 2 is 2.20 bits per heavy atom. The Kier molecular flexibility index (Phi) is 2.58. The lowest BCUT2D eigenvalue weighted by molar-refractivity contribution is 0.0718. The van der Waals surface area contributed by atoms with E-state index >= 15 is 0 Å².